The minimum Gasteiger partial charge on any atom is -0.478 e. The molecular formula is C25H19ClN2O4. The average Bonchev–Trinajstić information content (AvgIpc) is 3.12. The van der Waals surface area contributed by atoms with Crippen molar-refractivity contribution in [2.24, 2.45) is 0 Å². The van der Waals surface area contributed by atoms with Gasteiger partial charge in [0, 0.05) is 30.6 Å². The molecule has 0 spiro atoms. The minimum absolute atomic E-state index is 0.00813. The van der Waals surface area contributed by atoms with Crippen LogP contribution in [0.2, 0.25) is 5.15 Å². The summed E-state index contributed by atoms with van der Waals surface area (Å²) in [5, 5.41) is 11.7. The summed E-state index contributed by atoms with van der Waals surface area (Å²) in [6.07, 6.45) is 1.27. The summed E-state index contributed by atoms with van der Waals surface area (Å²) in [5.41, 5.74) is 5.00. The summed E-state index contributed by atoms with van der Waals surface area (Å²) < 4.78 is 5.47. The highest BCUT2D eigenvalue weighted by Crippen LogP contribution is 2.44. The van der Waals surface area contributed by atoms with Crippen LogP contribution in [0, 0.1) is 11.8 Å². The number of fused-ring (bicyclic) bond motifs is 3. The highest BCUT2D eigenvalue weighted by molar-refractivity contribution is 6.32. The largest absolute Gasteiger partial charge is 0.478 e. The van der Waals surface area contributed by atoms with Gasteiger partial charge in [-0.2, -0.15) is 0 Å². The lowest BCUT2D eigenvalue weighted by atomic mass is 9.98. The second kappa shape index (κ2) is 9.54. The van der Waals surface area contributed by atoms with Crippen molar-refractivity contribution in [1.29, 1.82) is 0 Å². The number of rotatable bonds is 5. The van der Waals surface area contributed by atoms with Crippen LogP contribution < -0.4 is 5.32 Å². The molecule has 0 saturated carbocycles. The van der Waals surface area contributed by atoms with Crippen molar-refractivity contribution in [2.75, 3.05) is 13.2 Å². The van der Waals surface area contributed by atoms with Crippen LogP contribution >= 0.6 is 11.6 Å². The molecule has 0 unspecified atom stereocenters. The molecule has 6 nitrogen and oxygen atoms in total. The third-order valence-electron chi connectivity index (χ3n) is 5.17. The molecule has 0 atom stereocenters. The summed E-state index contributed by atoms with van der Waals surface area (Å²) in [7, 11) is 0. The van der Waals surface area contributed by atoms with Gasteiger partial charge >= 0.3 is 12.1 Å². The topological polar surface area (TPSA) is 88.5 Å². The Morgan fingerprint density at radius 2 is 1.75 bits per heavy atom. The van der Waals surface area contributed by atoms with Crippen LogP contribution in [0.1, 0.15) is 39.4 Å². The Morgan fingerprint density at radius 1 is 1.09 bits per heavy atom. The van der Waals surface area contributed by atoms with E-state index in [0.717, 1.165) is 11.1 Å². The van der Waals surface area contributed by atoms with Crippen LogP contribution in [0.3, 0.4) is 0 Å². The number of benzene rings is 2. The number of pyridine rings is 1. The number of hydrogen-bond acceptors (Lipinski definition) is 4. The molecule has 0 aliphatic heterocycles. The maximum absolute atomic E-state index is 12.1. The SMILES string of the molecule is O=C(NCCC#Cc1cnc(Cl)c(C(=O)O)c1)OCC1c2ccccc2-c2ccccc21. The van der Waals surface area contributed by atoms with E-state index in [1.165, 1.54) is 23.4 Å². The summed E-state index contributed by atoms with van der Waals surface area (Å²) in [5.74, 6) is 4.53. The van der Waals surface area contributed by atoms with Crippen LogP contribution in [0.4, 0.5) is 4.79 Å². The van der Waals surface area contributed by atoms with Gasteiger partial charge in [-0.3, -0.25) is 0 Å². The molecule has 7 heteroatoms. The van der Waals surface area contributed by atoms with Crippen molar-refractivity contribution in [3.05, 3.63) is 88.2 Å². The Morgan fingerprint density at radius 3 is 2.41 bits per heavy atom. The van der Waals surface area contributed by atoms with Gasteiger partial charge in [0.05, 0.1) is 5.56 Å². The highest BCUT2D eigenvalue weighted by Gasteiger charge is 2.28. The van der Waals surface area contributed by atoms with Gasteiger partial charge in [0.1, 0.15) is 11.8 Å². The van der Waals surface area contributed by atoms with Crippen LogP contribution in [0.25, 0.3) is 11.1 Å². The average molecular weight is 447 g/mol. The second-order valence-electron chi connectivity index (χ2n) is 7.17. The summed E-state index contributed by atoms with van der Waals surface area (Å²) >= 11 is 5.74. The van der Waals surface area contributed by atoms with Gasteiger partial charge in [-0.1, -0.05) is 72.0 Å². The van der Waals surface area contributed by atoms with Gasteiger partial charge in [-0.25, -0.2) is 14.6 Å². The first kappa shape index (κ1) is 21.4. The molecule has 0 saturated heterocycles. The number of amides is 1. The van der Waals surface area contributed by atoms with E-state index in [0.29, 0.717) is 18.5 Å². The van der Waals surface area contributed by atoms with Crippen LogP contribution in [-0.2, 0) is 4.74 Å². The van der Waals surface area contributed by atoms with Crippen molar-refractivity contribution < 1.29 is 19.4 Å². The van der Waals surface area contributed by atoms with Gasteiger partial charge in [0.2, 0.25) is 0 Å². The third kappa shape index (κ3) is 4.58. The number of nitrogens with one attached hydrogen (secondary N) is 1. The Labute approximate surface area is 190 Å². The molecule has 0 radical (unpaired) electrons. The van der Waals surface area contributed by atoms with Crippen LogP contribution in [-0.4, -0.2) is 35.3 Å². The van der Waals surface area contributed by atoms with Gasteiger partial charge < -0.3 is 15.2 Å². The molecule has 160 valence electrons. The maximum Gasteiger partial charge on any atom is 0.407 e. The number of ether oxygens (including phenoxy) is 1. The number of aromatic carboxylic acids is 1. The molecule has 1 aliphatic rings. The second-order valence-corrected chi connectivity index (χ2v) is 7.53. The van der Waals surface area contributed by atoms with E-state index in [2.05, 4.69) is 46.4 Å². The fraction of sp³-hybridized carbons (Fsp3) is 0.160. The number of nitrogens with zero attached hydrogens (tertiary/aromatic N) is 1. The molecule has 2 N–H and O–H groups in total. The molecule has 1 amide bonds. The van der Waals surface area contributed by atoms with Crippen LogP contribution in [0.5, 0.6) is 0 Å². The lowest BCUT2D eigenvalue weighted by molar-refractivity contribution is 0.0696. The molecular weight excluding hydrogens is 428 g/mol. The Kier molecular flexibility index (Phi) is 6.39. The standard InChI is InChI=1S/C25H19ClN2O4/c26-23-21(24(29)30)13-16(14-28-23)7-5-6-12-27-25(31)32-15-22-19-10-3-1-8-17(19)18-9-2-4-11-20(18)22/h1-4,8-11,13-14,22H,6,12,15H2,(H,27,31)(H,29,30). The van der Waals surface area contributed by atoms with Crippen molar-refractivity contribution in [3.8, 4) is 23.0 Å². The quantitative estimate of drug-likeness (QED) is 0.336. The Hall–Kier alpha value is -3.82. The molecule has 0 fully saturated rings. The van der Waals surface area contributed by atoms with Crippen molar-refractivity contribution in [3.63, 3.8) is 0 Å². The predicted octanol–water partition coefficient (Wildman–Crippen LogP) is 4.71. The molecule has 32 heavy (non-hydrogen) atoms. The van der Waals surface area contributed by atoms with E-state index in [-0.39, 0.29) is 23.2 Å². The third-order valence-corrected chi connectivity index (χ3v) is 5.47. The zero-order valence-corrected chi connectivity index (χ0v) is 17.7. The summed E-state index contributed by atoms with van der Waals surface area (Å²) in [6, 6.07) is 17.7. The highest BCUT2D eigenvalue weighted by atomic mass is 35.5. The lowest BCUT2D eigenvalue weighted by Crippen LogP contribution is -2.26. The van der Waals surface area contributed by atoms with E-state index in [4.69, 9.17) is 21.4 Å². The normalized spacial score (nSPS) is 11.7. The number of carboxylic acids is 1. The van der Waals surface area contributed by atoms with Gasteiger partial charge in [-0.05, 0) is 28.3 Å². The molecule has 2 aromatic carbocycles. The predicted molar refractivity (Wildman–Crippen MR) is 121 cm³/mol. The number of carboxylic acid groups (broad SMARTS) is 1. The number of carbonyl (C=O) groups is 2. The number of carbonyl (C=O) groups excluding carboxylic acids is 1. The van der Waals surface area contributed by atoms with E-state index < -0.39 is 12.1 Å². The van der Waals surface area contributed by atoms with Gasteiger partial charge in [0.25, 0.3) is 0 Å². The Bertz CT molecular complexity index is 1200. The molecule has 3 aromatic rings. The molecule has 4 rings (SSSR count). The number of hydrogen-bond donors (Lipinski definition) is 2. The zero-order valence-electron chi connectivity index (χ0n) is 17.0. The van der Waals surface area contributed by atoms with E-state index in [9.17, 15) is 9.59 Å². The first-order valence-corrected chi connectivity index (χ1v) is 10.4. The fourth-order valence-electron chi connectivity index (χ4n) is 3.71. The smallest absolute Gasteiger partial charge is 0.407 e. The van der Waals surface area contributed by atoms with Crippen molar-refractivity contribution in [1.82, 2.24) is 10.3 Å². The summed E-state index contributed by atoms with van der Waals surface area (Å²) in [4.78, 5) is 27.0. The molecule has 0 bridgehead atoms. The van der Waals surface area contributed by atoms with Crippen LogP contribution in [0.15, 0.2) is 60.8 Å². The van der Waals surface area contributed by atoms with Gasteiger partial charge in [-0.15, -0.1) is 0 Å². The molecule has 1 aromatic heterocycles. The zero-order chi connectivity index (χ0) is 22.5. The number of halogens is 1. The first-order valence-electron chi connectivity index (χ1n) is 10.0. The Balaban J connectivity index is 1.29. The molecule has 1 aliphatic carbocycles. The maximum atomic E-state index is 12.1. The van der Waals surface area contributed by atoms with Gasteiger partial charge in [0.15, 0.2) is 0 Å². The lowest BCUT2D eigenvalue weighted by Gasteiger charge is -2.14. The molecule has 1 heterocycles. The summed E-state index contributed by atoms with van der Waals surface area (Å²) in [6.45, 7) is 0.552. The van der Waals surface area contributed by atoms with Crippen molar-refractivity contribution in [2.45, 2.75) is 12.3 Å². The van der Waals surface area contributed by atoms with E-state index >= 15 is 0 Å². The fourth-order valence-corrected chi connectivity index (χ4v) is 3.89. The first-order chi connectivity index (χ1) is 15.5. The van der Waals surface area contributed by atoms with E-state index in [1.54, 1.807) is 0 Å². The monoisotopic (exact) mass is 446 g/mol. The number of aromatic nitrogens is 1. The van der Waals surface area contributed by atoms with Crippen molar-refractivity contribution >= 4 is 23.7 Å². The minimum atomic E-state index is -1.16. The van der Waals surface area contributed by atoms with E-state index in [1.807, 2.05) is 24.3 Å². The number of alkyl carbamates (subject to hydrolysis) is 1.